The van der Waals surface area contributed by atoms with Crippen molar-refractivity contribution in [1.29, 1.82) is 0 Å². The summed E-state index contributed by atoms with van der Waals surface area (Å²) in [5.41, 5.74) is 8.77. The van der Waals surface area contributed by atoms with E-state index in [9.17, 15) is 0 Å². The molecule has 2 aromatic rings. The fourth-order valence-corrected chi connectivity index (χ4v) is 2.07. The van der Waals surface area contributed by atoms with Gasteiger partial charge in [-0.1, -0.05) is 44.2 Å². The quantitative estimate of drug-likeness (QED) is 0.916. The van der Waals surface area contributed by atoms with Gasteiger partial charge in [0.1, 0.15) is 11.8 Å². The van der Waals surface area contributed by atoms with Gasteiger partial charge in [-0.25, -0.2) is 4.68 Å². The Morgan fingerprint density at radius 1 is 1.16 bits per heavy atom. The summed E-state index contributed by atoms with van der Waals surface area (Å²) >= 11 is 0. The van der Waals surface area contributed by atoms with Crippen molar-refractivity contribution in [1.82, 2.24) is 9.78 Å². The zero-order chi connectivity index (χ0) is 14.0. The predicted octanol–water partition coefficient (Wildman–Crippen LogP) is 3.27. The summed E-state index contributed by atoms with van der Waals surface area (Å²) in [5.74, 6) is 0.927. The molecule has 4 heteroatoms. The Bertz CT molecular complexity index is 546. The number of nitrogen functional groups attached to an aromatic ring is 1. The van der Waals surface area contributed by atoms with E-state index in [1.165, 1.54) is 0 Å². The monoisotopic (exact) mass is 259 g/mol. The number of nitrogens with two attached hydrogens (primary N) is 1. The van der Waals surface area contributed by atoms with Gasteiger partial charge in [-0.3, -0.25) is 0 Å². The number of aromatic nitrogens is 2. The molecular weight excluding hydrogens is 238 g/mol. The topological polar surface area (TPSA) is 53.1 Å². The molecule has 1 aromatic carbocycles. The number of ether oxygens (including phenoxy) is 1. The first-order valence-corrected chi connectivity index (χ1v) is 6.54. The molecule has 0 aliphatic heterocycles. The molecule has 102 valence electrons. The van der Waals surface area contributed by atoms with E-state index in [0.29, 0.717) is 11.6 Å². The van der Waals surface area contributed by atoms with Crippen LogP contribution in [0.4, 0.5) is 5.69 Å². The number of nitrogens with zero attached hydrogens (tertiary/aromatic N) is 2. The zero-order valence-corrected chi connectivity index (χ0v) is 11.9. The molecule has 0 bridgehead atoms. The fraction of sp³-hybridized carbons (Fsp3) is 0.400. The van der Waals surface area contributed by atoms with Gasteiger partial charge in [-0.05, 0) is 18.4 Å². The van der Waals surface area contributed by atoms with Gasteiger partial charge in [0.15, 0.2) is 0 Å². The third kappa shape index (κ3) is 2.72. The highest BCUT2D eigenvalue weighted by atomic mass is 16.5. The Hall–Kier alpha value is -1.97. The molecule has 0 saturated heterocycles. The van der Waals surface area contributed by atoms with Gasteiger partial charge < -0.3 is 10.5 Å². The van der Waals surface area contributed by atoms with E-state index < -0.39 is 0 Å². The molecule has 1 unspecified atom stereocenters. The van der Waals surface area contributed by atoms with Crippen LogP contribution >= 0.6 is 0 Å². The molecule has 1 aromatic heterocycles. The van der Waals surface area contributed by atoms with Crippen LogP contribution in [0.15, 0.2) is 30.3 Å². The van der Waals surface area contributed by atoms with Gasteiger partial charge in [0.2, 0.25) is 5.88 Å². The van der Waals surface area contributed by atoms with Crippen LogP contribution < -0.4 is 10.5 Å². The second-order valence-corrected chi connectivity index (χ2v) is 5.05. The van der Waals surface area contributed by atoms with Crippen LogP contribution in [0.25, 0.3) is 0 Å². The predicted molar refractivity (Wildman–Crippen MR) is 77.2 cm³/mol. The largest absolute Gasteiger partial charge is 0.468 e. The van der Waals surface area contributed by atoms with Crippen LogP contribution in [0.2, 0.25) is 0 Å². The van der Waals surface area contributed by atoms with E-state index in [1.807, 2.05) is 44.3 Å². The summed E-state index contributed by atoms with van der Waals surface area (Å²) in [6.45, 7) is 6.16. The van der Waals surface area contributed by atoms with Crippen LogP contribution in [0.1, 0.15) is 44.1 Å². The Morgan fingerprint density at radius 2 is 1.79 bits per heavy atom. The van der Waals surface area contributed by atoms with E-state index in [-0.39, 0.29) is 12.0 Å². The van der Waals surface area contributed by atoms with E-state index in [4.69, 9.17) is 10.5 Å². The lowest BCUT2D eigenvalue weighted by atomic mass is 10.1. The molecular formula is C15H21N3O. The summed E-state index contributed by atoms with van der Waals surface area (Å²) in [6, 6.07) is 10.1. The van der Waals surface area contributed by atoms with Crippen molar-refractivity contribution in [2.45, 2.75) is 32.8 Å². The van der Waals surface area contributed by atoms with E-state index in [1.54, 1.807) is 4.68 Å². The highest BCUT2D eigenvalue weighted by Gasteiger charge is 2.19. The molecule has 0 radical (unpaired) electrons. The van der Waals surface area contributed by atoms with Crippen molar-refractivity contribution in [3.8, 4) is 5.88 Å². The first-order chi connectivity index (χ1) is 9.00. The lowest BCUT2D eigenvalue weighted by Gasteiger charge is -2.15. The van der Waals surface area contributed by atoms with Gasteiger partial charge in [0.25, 0.3) is 0 Å². The molecule has 0 aliphatic carbocycles. The molecule has 2 N–H and O–H groups in total. The summed E-state index contributed by atoms with van der Waals surface area (Å²) in [7, 11) is 1.86. The molecule has 1 heterocycles. The molecule has 0 spiro atoms. The number of anilines is 1. The Balaban J connectivity index is 2.24. The minimum atomic E-state index is -0.0566. The number of hydrogen-bond acceptors (Lipinski definition) is 3. The number of benzene rings is 1. The van der Waals surface area contributed by atoms with Crippen LogP contribution in [-0.4, -0.2) is 9.78 Å². The van der Waals surface area contributed by atoms with Crippen molar-refractivity contribution in [2.24, 2.45) is 7.05 Å². The second kappa shape index (κ2) is 5.34. The molecule has 4 nitrogen and oxygen atoms in total. The average molecular weight is 259 g/mol. The van der Waals surface area contributed by atoms with E-state index in [2.05, 4.69) is 18.9 Å². The summed E-state index contributed by atoms with van der Waals surface area (Å²) in [4.78, 5) is 0. The number of rotatable bonds is 4. The SMILES string of the molecule is CC(C)c1nn(C)c(OC(C)c2ccccc2)c1N. The normalized spacial score (nSPS) is 12.7. The van der Waals surface area contributed by atoms with Crippen molar-refractivity contribution in [3.05, 3.63) is 41.6 Å². The third-order valence-electron chi connectivity index (χ3n) is 3.16. The van der Waals surface area contributed by atoms with Crippen molar-refractivity contribution in [3.63, 3.8) is 0 Å². The zero-order valence-electron chi connectivity index (χ0n) is 11.9. The minimum absolute atomic E-state index is 0.0566. The summed E-state index contributed by atoms with van der Waals surface area (Å²) in [6.07, 6.45) is -0.0566. The van der Waals surface area contributed by atoms with Crippen molar-refractivity contribution < 1.29 is 4.74 Å². The maximum Gasteiger partial charge on any atom is 0.236 e. The van der Waals surface area contributed by atoms with Crippen molar-refractivity contribution >= 4 is 5.69 Å². The van der Waals surface area contributed by atoms with E-state index >= 15 is 0 Å². The maximum absolute atomic E-state index is 6.12. The third-order valence-corrected chi connectivity index (χ3v) is 3.16. The number of aryl methyl sites for hydroxylation is 1. The molecule has 0 fully saturated rings. The minimum Gasteiger partial charge on any atom is -0.468 e. The first-order valence-electron chi connectivity index (χ1n) is 6.54. The van der Waals surface area contributed by atoms with Gasteiger partial charge in [0, 0.05) is 7.05 Å². The molecule has 0 saturated carbocycles. The van der Waals surface area contributed by atoms with Gasteiger partial charge in [-0.2, -0.15) is 5.10 Å². The first kappa shape index (κ1) is 13.5. The lowest BCUT2D eigenvalue weighted by molar-refractivity contribution is 0.208. The fourth-order valence-electron chi connectivity index (χ4n) is 2.07. The molecule has 2 rings (SSSR count). The highest BCUT2D eigenvalue weighted by Crippen LogP contribution is 2.32. The summed E-state index contributed by atoms with van der Waals surface area (Å²) < 4.78 is 7.68. The molecule has 1 atom stereocenters. The van der Waals surface area contributed by atoms with Gasteiger partial charge in [0.05, 0.1) is 5.69 Å². The summed E-state index contributed by atoms with van der Waals surface area (Å²) in [5, 5.41) is 4.42. The van der Waals surface area contributed by atoms with Crippen LogP contribution in [0.5, 0.6) is 5.88 Å². The Morgan fingerprint density at radius 3 is 2.32 bits per heavy atom. The number of hydrogen-bond donors (Lipinski definition) is 1. The van der Waals surface area contributed by atoms with E-state index in [0.717, 1.165) is 11.3 Å². The highest BCUT2D eigenvalue weighted by molar-refractivity contribution is 5.54. The molecule has 0 aliphatic rings. The van der Waals surface area contributed by atoms with Gasteiger partial charge in [-0.15, -0.1) is 0 Å². The second-order valence-electron chi connectivity index (χ2n) is 5.05. The standard InChI is InChI=1S/C15H21N3O/c1-10(2)14-13(16)15(18(4)17-14)19-11(3)12-8-6-5-7-9-12/h5-11H,16H2,1-4H3. The van der Waals surface area contributed by atoms with Crippen LogP contribution in [0, 0.1) is 0 Å². The van der Waals surface area contributed by atoms with Crippen molar-refractivity contribution in [2.75, 3.05) is 5.73 Å². The van der Waals surface area contributed by atoms with Crippen LogP contribution in [-0.2, 0) is 7.05 Å². The van der Waals surface area contributed by atoms with Crippen LogP contribution in [0.3, 0.4) is 0 Å². The van der Waals surface area contributed by atoms with Gasteiger partial charge >= 0.3 is 0 Å². The molecule has 0 amide bonds. The lowest BCUT2D eigenvalue weighted by Crippen LogP contribution is -2.07. The Kier molecular flexibility index (Phi) is 3.79. The average Bonchev–Trinajstić information content (AvgIpc) is 2.68. The molecule has 19 heavy (non-hydrogen) atoms. The Labute approximate surface area is 114 Å². The smallest absolute Gasteiger partial charge is 0.236 e. The maximum atomic E-state index is 6.12.